The van der Waals surface area contributed by atoms with Crippen molar-refractivity contribution in [3.63, 3.8) is 0 Å². The third-order valence-electron chi connectivity index (χ3n) is 4.07. The second-order valence-electron chi connectivity index (χ2n) is 6.90. The summed E-state index contributed by atoms with van der Waals surface area (Å²) in [6.45, 7) is 6.83. The van der Waals surface area contributed by atoms with Crippen LogP contribution in [0.4, 0.5) is 5.69 Å². The number of ether oxygens (including phenoxy) is 2. The Labute approximate surface area is 126 Å². The number of methoxy groups -OCH3 is 1. The number of carbonyl (C=O) groups excluding carboxylic acids is 1. The van der Waals surface area contributed by atoms with Crippen molar-refractivity contribution >= 4 is 11.7 Å². The summed E-state index contributed by atoms with van der Waals surface area (Å²) in [7, 11) is 1.36. The Morgan fingerprint density at radius 2 is 2.05 bits per heavy atom. The number of esters is 1. The maximum atomic E-state index is 11.5. The molecule has 21 heavy (non-hydrogen) atoms. The molecule has 4 heteroatoms. The summed E-state index contributed by atoms with van der Waals surface area (Å²) < 4.78 is 10.8. The van der Waals surface area contributed by atoms with Crippen LogP contribution in [0.25, 0.3) is 0 Å². The van der Waals surface area contributed by atoms with E-state index in [-0.39, 0.29) is 12.1 Å². The lowest BCUT2D eigenvalue weighted by molar-refractivity contribution is 0.0567. The van der Waals surface area contributed by atoms with Crippen molar-refractivity contribution in [1.29, 1.82) is 0 Å². The molecule has 0 radical (unpaired) electrons. The highest BCUT2D eigenvalue weighted by Gasteiger charge is 2.33. The number of benzene rings is 1. The molecule has 0 aliphatic heterocycles. The molecule has 1 aliphatic rings. The van der Waals surface area contributed by atoms with E-state index in [1.54, 1.807) is 18.2 Å². The van der Waals surface area contributed by atoms with Crippen LogP contribution >= 0.6 is 0 Å². The predicted molar refractivity (Wildman–Crippen MR) is 83.4 cm³/mol. The van der Waals surface area contributed by atoms with Crippen LogP contribution in [0.3, 0.4) is 0 Å². The molecule has 0 saturated heterocycles. The Hall–Kier alpha value is -1.71. The maximum Gasteiger partial charge on any atom is 0.337 e. The molecule has 2 atom stereocenters. The summed E-state index contributed by atoms with van der Waals surface area (Å²) >= 11 is 0. The van der Waals surface area contributed by atoms with Gasteiger partial charge in [-0.05, 0) is 48.8 Å². The summed E-state index contributed by atoms with van der Waals surface area (Å²) in [5.41, 5.74) is 7.22. The summed E-state index contributed by atoms with van der Waals surface area (Å²) in [5.74, 6) is 0.910. The first-order chi connectivity index (χ1) is 9.80. The molecular formula is C17H25NO3. The Morgan fingerprint density at radius 3 is 2.62 bits per heavy atom. The number of rotatable bonds is 3. The van der Waals surface area contributed by atoms with Crippen molar-refractivity contribution in [1.82, 2.24) is 0 Å². The van der Waals surface area contributed by atoms with Gasteiger partial charge >= 0.3 is 5.97 Å². The second kappa shape index (κ2) is 5.96. The molecule has 0 aromatic heterocycles. The third kappa shape index (κ3) is 3.90. The van der Waals surface area contributed by atoms with E-state index in [0.29, 0.717) is 28.3 Å². The fourth-order valence-electron chi connectivity index (χ4n) is 3.43. The third-order valence-corrected chi connectivity index (χ3v) is 4.07. The van der Waals surface area contributed by atoms with E-state index in [1.807, 2.05) is 0 Å². The van der Waals surface area contributed by atoms with E-state index in [2.05, 4.69) is 25.5 Å². The van der Waals surface area contributed by atoms with Gasteiger partial charge in [0, 0.05) is 0 Å². The van der Waals surface area contributed by atoms with Gasteiger partial charge < -0.3 is 15.2 Å². The number of nitrogen functional groups attached to an aromatic ring is 1. The van der Waals surface area contributed by atoms with Gasteiger partial charge in [-0.3, -0.25) is 0 Å². The second-order valence-corrected chi connectivity index (χ2v) is 6.90. The molecule has 1 aliphatic carbocycles. The molecule has 2 unspecified atom stereocenters. The quantitative estimate of drug-likeness (QED) is 0.682. The Bertz CT molecular complexity index is 525. The first kappa shape index (κ1) is 15.7. The fraction of sp³-hybridized carbons (Fsp3) is 0.588. The topological polar surface area (TPSA) is 61.5 Å². The molecule has 2 rings (SSSR count). The van der Waals surface area contributed by atoms with Crippen LogP contribution in [0.15, 0.2) is 18.2 Å². The molecule has 116 valence electrons. The highest BCUT2D eigenvalue weighted by molar-refractivity contribution is 5.90. The molecule has 4 nitrogen and oxygen atoms in total. The van der Waals surface area contributed by atoms with Crippen LogP contribution in [-0.2, 0) is 4.74 Å². The van der Waals surface area contributed by atoms with Gasteiger partial charge in [0.05, 0.1) is 24.5 Å². The average molecular weight is 291 g/mol. The van der Waals surface area contributed by atoms with Crippen molar-refractivity contribution in [2.24, 2.45) is 11.3 Å². The van der Waals surface area contributed by atoms with Crippen molar-refractivity contribution in [2.75, 3.05) is 12.8 Å². The molecule has 1 aromatic carbocycles. The zero-order valence-electron chi connectivity index (χ0n) is 13.3. The number of hydrogen-bond acceptors (Lipinski definition) is 4. The van der Waals surface area contributed by atoms with Crippen LogP contribution in [0.1, 0.15) is 50.4 Å². The highest BCUT2D eigenvalue weighted by atomic mass is 16.5. The maximum absolute atomic E-state index is 11.5. The summed E-state index contributed by atoms with van der Waals surface area (Å²) in [6, 6.07) is 5.06. The van der Waals surface area contributed by atoms with Gasteiger partial charge in [-0.15, -0.1) is 0 Å². The van der Waals surface area contributed by atoms with Gasteiger partial charge in [-0.2, -0.15) is 0 Å². The highest BCUT2D eigenvalue weighted by Crippen LogP contribution is 2.40. The SMILES string of the molecule is COC(=O)c1ccc(OC2CC(C)CC(C)(C)C2)c(N)c1. The minimum absolute atomic E-state index is 0.176. The van der Waals surface area contributed by atoms with Gasteiger partial charge in [0.25, 0.3) is 0 Å². The number of anilines is 1. The summed E-state index contributed by atoms with van der Waals surface area (Å²) in [4.78, 5) is 11.5. The summed E-state index contributed by atoms with van der Waals surface area (Å²) in [5, 5.41) is 0. The van der Waals surface area contributed by atoms with E-state index in [0.717, 1.165) is 12.8 Å². The zero-order valence-corrected chi connectivity index (χ0v) is 13.3. The van der Waals surface area contributed by atoms with Gasteiger partial charge in [0.2, 0.25) is 0 Å². The Morgan fingerprint density at radius 1 is 1.33 bits per heavy atom. The minimum atomic E-state index is -0.388. The fourth-order valence-corrected chi connectivity index (χ4v) is 3.43. The monoisotopic (exact) mass is 291 g/mol. The number of hydrogen-bond donors (Lipinski definition) is 1. The van der Waals surface area contributed by atoms with Crippen molar-refractivity contribution in [3.05, 3.63) is 23.8 Å². The van der Waals surface area contributed by atoms with Crippen LogP contribution in [-0.4, -0.2) is 19.2 Å². The van der Waals surface area contributed by atoms with Crippen LogP contribution in [0.2, 0.25) is 0 Å². The molecule has 0 heterocycles. The van der Waals surface area contributed by atoms with E-state index in [1.165, 1.54) is 13.5 Å². The van der Waals surface area contributed by atoms with Crippen LogP contribution < -0.4 is 10.5 Å². The van der Waals surface area contributed by atoms with Crippen molar-refractivity contribution < 1.29 is 14.3 Å². The van der Waals surface area contributed by atoms with Gasteiger partial charge in [0.1, 0.15) is 5.75 Å². The van der Waals surface area contributed by atoms with Crippen molar-refractivity contribution in [2.45, 2.75) is 46.1 Å². The van der Waals surface area contributed by atoms with Crippen LogP contribution in [0.5, 0.6) is 5.75 Å². The number of carbonyl (C=O) groups is 1. The van der Waals surface area contributed by atoms with Crippen LogP contribution in [0, 0.1) is 11.3 Å². The molecule has 1 aromatic rings. The molecule has 0 bridgehead atoms. The van der Waals surface area contributed by atoms with E-state index >= 15 is 0 Å². The standard InChI is InChI=1S/C17H25NO3/c1-11-7-13(10-17(2,3)9-11)21-15-6-5-12(8-14(15)18)16(19)20-4/h5-6,8,11,13H,7,9-10,18H2,1-4H3. The molecule has 2 N–H and O–H groups in total. The molecular weight excluding hydrogens is 266 g/mol. The lowest BCUT2D eigenvalue weighted by Crippen LogP contribution is -2.34. The first-order valence-electron chi connectivity index (χ1n) is 7.45. The lowest BCUT2D eigenvalue weighted by atomic mass is 9.71. The smallest absolute Gasteiger partial charge is 0.337 e. The van der Waals surface area contributed by atoms with Gasteiger partial charge in [0.15, 0.2) is 0 Å². The Balaban J connectivity index is 2.11. The largest absolute Gasteiger partial charge is 0.488 e. The Kier molecular flexibility index (Phi) is 4.45. The molecule has 1 fully saturated rings. The summed E-state index contributed by atoms with van der Waals surface area (Å²) in [6.07, 6.45) is 3.47. The van der Waals surface area contributed by atoms with E-state index in [4.69, 9.17) is 10.5 Å². The zero-order chi connectivity index (χ0) is 15.6. The normalized spacial score (nSPS) is 24.4. The first-order valence-corrected chi connectivity index (χ1v) is 7.45. The average Bonchev–Trinajstić information content (AvgIpc) is 2.37. The van der Waals surface area contributed by atoms with Crippen molar-refractivity contribution in [3.8, 4) is 5.75 Å². The molecule has 0 spiro atoms. The van der Waals surface area contributed by atoms with E-state index < -0.39 is 0 Å². The molecule has 0 amide bonds. The van der Waals surface area contributed by atoms with Gasteiger partial charge in [-0.1, -0.05) is 20.8 Å². The minimum Gasteiger partial charge on any atom is -0.488 e. The number of nitrogens with two attached hydrogens (primary N) is 1. The molecule has 1 saturated carbocycles. The predicted octanol–water partition coefficient (Wildman–Crippen LogP) is 3.65. The lowest BCUT2D eigenvalue weighted by Gasteiger charge is -2.39. The van der Waals surface area contributed by atoms with Gasteiger partial charge in [-0.25, -0.2) is 4.79 Å². The van der Waals surface area contributed by atoms with E-state index in [9.17, 15) is 4.79 Å².